The van der Waals surface area contributed by atoms with Gasteiger partial charge in [0.15, 0.2) is 5.65 Å². The van der Waals surface area contributed by atoms with Crippen LogP contribution in [0.5, 0.6) is 0 Å². The maximum absolute atomic E-state index is 5.27. The second kappa shape index (κ2) is 5.32. The van der Waals surface area contributed by atoms with Crippen LogP contribution in [-0.4, -0.2) is 24.6 Å². The van der Waals surface area contributed by atoms with E-state index < -0.39 is 0 Å². The highest BCUT2D eigenvalue weighted by Crippen LogP contribution is 2.40. The van der Waals surface area contributed by atoms with Crippen molar-refractivity contribution < 1.29 is 0 Å². The molecule has 0 saturated carbocycles. The molecule has 24 heavy (non-hydrogen) atoms. The second-order valence-corrected chi connectivity index (χ2v) is 7.79. The van der Waals surface area contributed by atoms with E-state index in [0.29, 0.717) is 4.77 Å². The Labute approximate surface area is 147 Å². The molecule has 0 aliphatic heterocycles. The number of hydrogen-bond donors (Lipinski definition) is 1. The summed E-state index contributed by atoms with van der Waals surface area (Å²) in [6.45, 7) is 2.24. The van der Waals surface area contributed by atoms with Crippen LogP contribution < -0.4 is 0 Å². The Balaban J connectivity index is 1.88. The van der Waals surface area contributed by atoms with Crippen LogP contribution in [0.3, 0.4) is 0 Å². The molecule has 4 heterocycles. The quantitative estimate of drug-likeness (QED) is 0.554. The van der Waals surface area contributed by atoms with Crippen LogP contribution in [-0.2, 0) is 19.3 Å². The molecule has 0 spiro atoms. The van der Waals surface area contributed by atoms with Gasteiger partial charge in [-0.15, -0.1) is 11.3 Å². The summed E-state index contributed by atoms with van der Waals surface area (Å²) in [6.07, 6.45) is 8.79. The summed E-state index contributed by atoms with van der Waals surface area (Å²) in [5.74, 6) is 0. The molecule has 0 saturated heterocycles. The minimum Gasteiger partial charge on any atom is -0.257 e. The zero-order valence-corrected chi connectivity index (χ0v) is 15.1. The lowest BCUT2D eigenvalue weighted by atomic mass is 10.0. The van der Waals surface area contributed by atoms with Gasteiger partial charge in [0.05, 0.1) is 5.52 Å². The molecular weight excluding hydrogens is 338 g/mol. The molecule has 0 atom stereocenters. The van der Waals surface area contributed by atoms with Crippen molar-refractivity contribution in [2.45, 2.75) is 45.4 Å². The van der Waals surface area contributed by atoms with Crippen LogP contribution in [0.25, 0.3) is 26.1 Å². The van der Waals surface area contributed by atoms with Crippen molar-refractivity contribution in [3.63, 3.8) is 0 Å². The first-order valence-electron chi connectivity index (χ1n) is 8.46. The molecule has 5 rings (SSSR count). The summed E-state index contributed by atoms with van der Waals surface area (Å²) >= 11 is 6.97. The van der Waals surface area contributed by atoms with E-state index in [1.165, 1.54) is 41.5 Å². The van der Waals surface area contributed by atoms with Crippen molar-refractivity contribution >= 4 is 49.6 Å². The third-order valence-corrected chi connectivity index (χ3v) is 6.30. The number of aryl methyl sites for hydroxylation is 2. The number of nitrogens with zero attached hydrogens (tertiary/aromatic N) is 4. The van der Waals surface area contributed by atoms with Crippen molar-refractivity contribution in [3.05, 3.63) is 27.9 Å². The highest BCUT2D eigenvalue weighted by Gasteiger charge is 2.24. The molecule has 5 nitrogen and oxygen atoms in total. The summed E-state index contributed by atoms with van der Waals surface area (Å²) in [6, 6.07) is 0. The van der Waals surface area contributed by atoms with E-state index in [9.17, 15) is 0 Å². The number of nitrogens with one attached hydrogen (secondary N) is 1. The minimum absolute atomic E-state index is 0.582. The molecule has 1 aliphatic carbocycles. The first-order chi connectivity index (χ1) is 11.8. The normalized spacial score (nSPS) is 14.2. The van der Waals surface area contributed by atoms with Gasteiger partial charge < -0.3 is 0 Å². The third kappa shape index (κ3) is 1.91. The number of pyridine rings is 1. The van der Waals surface area contributed by atoms with E-state index >= 15 is 0 Å². The SMILES string of the molecule is CCCCc1nc2sc3c(ncn4c(=S)[nH]nc34)c2c2c1CCC2. The Morgan fingerprint density at radius 3 is 3.08 bits per heavy atom. The molecular formula is C17H17N5S2. The van der Waals surface area contributed by atoms with E-state index in [4.69, 9.17) is 22.2 Å². The smallest absolute Gasteiger partial charge is 0.200 e. The Bertz CT molecular complexity index is 1150. The van der Waals surface area contributed by atoms with Crippen LogP contribution in [0, 0.1) is 4.77 Å². The van der Waals surface area contributed by atoms with Gasteiger partial charge in [0, 0.05) is 11.1 Å². The lowest BCUT2D eigenvalue weighted by Crippen LogP contribution is -1.98. The maximum Gasteiger partial charge on any atom is 0.200 e. The molecule has 0 fully saturated rings. The highest BCUT2D eigenvalue weighted by atomic mass is 32.1. The van der Waals surface area contributed by atoms with Gasteiger partial charge in [0.25, 0.3) is 0 Å². The van der Waals surface area contributed by atoms with Gasteiger partial charge in [0.1, 0.15) is 15.9 Å². The standard InChI is InChI=1S/C17H17N5S2/c1-2-3-7-11-9-5-4-6-10(9)12-13-14(24-16(12)19-11)15-20-21-17(23)22(15)8-18-13/h8H,2-7H2,1H3,(H,21,23). The predicted octanol–water partition coefficient (Wildman–Crippen LogP) is 4.38. The molecule has 1 N–H and O–H groups in total. The fourth-order valence-electron chi connectivity index (χ4n) is 3.80. The predicted molar refractivity (Wildman–Crippen MR) is 99.5 cm³/mol. The van der Waals surface area contributed by atoms with E-state index in [2.05, 4.69) is 17.1 Å². The Morgan fingerprint density at radius 2 is 2.21 bits per heavy atom. The molecule has 0 unspecified atom stereocenters. The zero-order valence-electron chi connectivity index (χ0n) is 13.4. The Hall–Kier alpha value is -1.86. The Kier molecular flexibility index (Phi) is 3.21. The van der Waals surface area contributed by atoms with E-state index in [-0.39, 0.29) is 0 Å². The Morgan fingerprint density at radius 1 is 1.33 bits per heavy atom. The second-order valence-electron chi connectivity index (χ2n) is 6.40. The van der Waals surface area contributed by atoms with Gasteiger partial charge in [0.2, 0.25) is 4.77 Å². The van der Waals surface area contributed by atoms with Gasteiger partial charge in [-0.3, -0.25) is 9.50 Å². The average Bonchev–Trinajstić information content (AvgIpc) is 3.28. The van der Waals surface area contributed by atoms with Crippen molar-refractivity contribution in [1.82, 2.24) is 24.6 Å². The first kappa shape index (κ1) is 14.5. The fourth-order valence-corrected chi connectivity index (χ4v) is 5.14. The van der Waals surface area contributed by atoms with Gasteiger partial charge in [-0.05, 0) is 55.4 Å². The summed E-state index contributed by atoms with van der Waals surface area (Å²) in [7, 11) is 0. The first-order valence-corrected chi connectivity index (χ1v) is 9.69. The number of rotatable bonds is 3. The molecule has 4 aromatic heterocycles. The van der Waals surface area contributed by atoms with Crippen LogP contribution in [0.1, 0.15) is 43.0 Å². The number of hydrogen-bond acceptors (Lipinski definition) is 5. The van der Waals surface area contributed by atoms with Gasteiger partial charge >= 0.3 is 0 Å². The van der Waals surface area contributed by atoms with E-state index in [0.717, 1.165) is 40.0 Å². The molecule has 0 bridgehead atoms. The molecule has 122 valence electrons. The largest absolute Gasteiger partial charge is 0.257 e. The summed E-state index contributed by atoms with van der Waals surface area (Å²) < 4.78 is 3.50. The molecule has 0 amide bonds. The molecule has 0 radical (unpaired) electrons. The topological polar surface area (TPSA) is 58.9 Å². The van der Waals surface area contributed by atoms with Gasteiger partial charge in [-0.2, -0.15) is 5.10 Å². The fraction of sp³-hybridized carbons (Fsp3) is 0.412. The molecule has 4 aromatic rings. The number of H-pyrrole nitrogens is 1. The van der Waals surface area contributed by atoms with E-state index in [1.807, 2.05) is 4.40 Å². The number of aromatic amines is 1. The average molecular weight is 355 g/mol. The van der Waals surface area contributed by atoms with Crippen molar-refractivity contribution in [3.8, 4) is 0 Å². The zero-order chi connectivity index (χ0) is 16.3. The summed E-state index contributed by atoms with van der Waals surface area (Å²) in [5.41, 5.74) is 6.15. The monoisotopic (exact) mass is 355 g/mol. The van der Waals surface area contributed by atoms with Crippen molar-refractivity contribution in [2.24, 2.45) is 0 Å². The number of thiophene rings is 1. The molecule has 0 aromatic carbocycles. The number of fused-ring (bicyclic) bond motifs is 7. The molecule has 7 heteroatoms. The van der Waals surface area contributed by atoms with Gasteiger partial charge in [-0.1, -0.05) is 13.3 Å². The van der Waals surface area contributed by atoms with Crippen LogP contribution in [0.2, 0.25) is 0 Å². The van der Waals surface area contributed by atoms with Crippen molar-refractivity contribution in [2.75, 3.05) is 0 Å². The van der Waals surface area contributed by atoms with Crippen LogP contribution >= 0.6 is 23.6 Å². The molecule has 1 aliphatic rings. The van der Waals surface area contributed by atoms with E-state index in [1.54, 1.807) is 17.7 Å². The van der Waals surface area contributed by atoms with Crippen molar-refractivity contribution in [1.29, 1.82) is 0 Å². The van der Waals surface area contributed by atoms with Crippen LogP contribution in [0.4, 0.5) is 0 Å². The number of unbranched alkanes of at least 4 members (excludes halogenated alkanes) is 1. The lowest BCUT2D eigenvalue weighted by molar-refractivity contribution is 0.770. The maximum atomic E-state index is 5.27. The number of aromatic nitrogens is 5. The lowest BCUT2D eigenvalue weighted by Gasteiger charge is -2.08. The summed E-state index contributed by atoms with van der Waals surface area (Å²) in [4.78, 5) is 10.9. The third-order valence-electron chi connectivity index (χ3n) is 4.95. The minimum atomic E-state index is 0.582. The summed E-state index contributed by atoms with van der Waals surface area (Å²) in [5, 5.41) is 8.51. The highest BCUT2D eigenvalue weighted by molar-refractivity contribution is 7.71. The van der Waals surface area contributed by atoms with Crippen LogP contribution in [0.15, 0.2) is 6.33 Å². The van der Waals surface area contributed by atoms with Gasteiger partial charge in [-0.25, -0.2) is 9.97 Å².